The second-order valence-corrected chi connectivity index (χ2v) is 4.38. The molecule has 0 aliphatic carbocycles. The first-order valence-electron chi connectivity index (χ1n) is 5.57. The highest BCUT2D eigenvalue weighted by atomic mass is 35.5. The molecule has 104 valence electrons. The maximum absolute atomic E-state index is 11.8. The molecule has 3 N–H and O–H groups in total. The largest absolute Gasteiger partial charge is 0.484 e. The number of hydrogen-bond acceptors (Lipinski definition) is 4. The number of amides is 1. The number of carbonyl (C=O) groups is 1. The Bertz CT molecular complexity index is 462. The average molecular weight is 286 g/mol. The van der Waals surface area contributed by atoms with Gasteiger partial charge in [0, 0.05) is 12.1 Å². The van der Waals surface area contributed by atoms with Gasteiger partial charge in [0.05, 0.1) is 6.04 Å². The molecule has 0 saturated heterocycles. The summed E-state index contributed by atoms with van der Waals surface area (Å²) in [5, 5.41) is 12.0. The highest BCUT2D eigenvalue weighted by molar-refractivity contribution is 6.30. The van der Waals surface area contributed by atoms with Crippen LogP contribution in [0.3, 0.4) is 0 Å². The highest BCUT2D eigenvalue weighted by Gasteiger charge is 2.19. The van der Waals surface area contributed by atoms with Crippen molar-refractivity contribution in [1.82, 2.24) is 4.90 Å². The van der Waals surface area contributed by atoms with Crippen LogP contribution in [0, 0.1) is 0 Å². The fourth-order valence-electron chi connectivity index (χ4n) is 1.28. The molecule has 19 heavy (non-hydrogen) atoms. The van der Waals surface area contributed by atoms with Gasteiger partial charge in [0.2, 0.25) is 0 Å². The van der Waals surface area contributed by atoms with Crippen LogP contribution in [0.4, 0.5) is 0 Å². The van der Waals surface area contributed by atoms with Crippen molar-refractivity contribution < 1.29 is 14.7 Å². The Balaban J connectivity index is 2.53. The minimum absolute atomic E-state index is 0.0395. The van der Waals surface area contributed by atoms with Gasteiger partial charge in [0.1, 0.15) is 5.75 Å². The molecule has 0 aromatic heterocycles. The number of benzene rings is 1. The van der Waals surface area contributed by atoms with E-state index >= 15 is 0 Å². The summed E-state index contributed by atoms with van der Waals surface area (Å²) in [4.78, 5) is 13.2. The van der Waals surface area contributed by atoms with Crippen LogP contribution in [-0.2, 0) is 4.79 Å². The van der Waals surface area contributed by atoms with Gasteiger partial charge in [-0.25, -0.2) is 0 Å². The van der Waals surface area contributed by atoms with Gasteiger partial charge in [0.25, 0.3) is 5.91 Å². The summed E-state index contributed by atoms with van der Waals surface area (Å²) in [5.41, 5.74) is 5.43. The summed E-state index contributed by atoms with van der Waals surface area (Å²) >= 11 is 5.74. The van der Waals surface area contributed by atoms with E-state index in [2.05, 4.69) is 5.16 Å². The number of nitrogens with zero attached hydrogens (tertiary/aromatic N) is 2. The number of amidine groups is 1. The van der Waals surface area contributed by atoms with Gasteiger partial charge < -0.3 is 20.6 Å². The molecular weight excluding hydrogens is 270 g/mol. The summed E-state index contributed by atoms with van der Waals surface area (Å²) in [6.07, 6.45) is 0. The molecule has 0 heterocycles. The number of oxime groups is 1. The molecule has 6 nitrogen and oxygen atoms in total. The van der Waals surface area contributed by atoms with E-state index in [9.17, 15) is 4.79 Å². The van der Waals surface area contributed by atoms with Gasteiger partial charge in [0.15, 0.2) is 12.4 Å². The second-order valence-electron chi connectivity index (χ2n) is 3.95. The van der Waals surface area contributed by atoms with Crippen LogP contribution < -0.4 is 10.5 Å². The van der Waals surface area contributed by atoms with Crippen molar-refractivity contribution in [3.8, 4) is 5.75 Å². The molecule has 0 aliphatic rings. The molecule has 1 rings (SSSR count). The normalized spacial score (nSPS) is 12.9. The van der Waals surface area contributed by atoms with Gasteiger partial charge in [-0.2, -0.15) is 0 Å². The molecule has 0 aliphatic heterocycles. The van der Waals surface area contributed by atoms with E-state index in [0.29, 0.717) is 10.8 Å². The van der Waals surface area contributed by atoms with E-state index in [1.807, 2.05) is 0 Å². The summed E-state index contributed by atoms with van der Waals surface area (Å²) in [6, 6.07) is 6.17. The first-order valence-corrected chi connectivity index (χ1v) is 5.95. The van der Waals surface area contributed by atoms with E-state index in [0.717, 1.165) is 0 Å². The lowest BCUT2D eigenvalue weighted by Gasteiger charge is -2.23. The Hall–Kier alpha value is -1.95. The molecule has 0 fully saturated rings. The van der Waals surface area contributed by atoms with E-state index in [4.69, 9.17) is 27.3 Å². The predicted octanol–water partition coefficient (Wildman–Crippen LogP) is 1.31. The van der Waals surface area contributed by atoms with Crippen LogP contribution in [0.5, 0.6) is 5.75 Å². The quantitative estimate of drug-likeness (QED) is 0.369. The zero-order valence-corrected chi connectivity index (χ0v) is 11.5. The van der Waals surface area contributed by atoms with E-state index in [-0.39, 0.29) is 18.3 Å². The summed E-state index contributed by atoms with van der Waals surface area (Å²) in [6.45, 7) is 1.51. The van der Waals surface area contributed by atoms with E-state index in [1.165, 1.54) is 4.90 Å². The van der Waals surface area contributed by atoms with Gasteiger partial charge in [-0.3, -0.25) is 4.79 Å². The number of carbonyl (C=O) groups excluding carboxylic acids is 1. The Kier molecular flexibility index (Phi) is 5.44. The lowest BCUT2D eigenvalue weighted by molar-refractivity contribution is -0.132. The maximum atomic E-state index is 11.8. The third-order valence-corrected chi connectivity index (χ3v) is 2.95. The molecule has 0 radical (unpaired) electrons. The van der Waals surface area contributed by atoms with Crippen LogP contribution >= 0.6 is 11.6 Å². The van der Waals surface area contributed by atoms with E-state index in [1.54, 1.807) is 38.2 Å². The van der Waals surface area contributed by atoms with Gasteiger partial charge in [-0.1, -0.05) is 16.8 Å². The molecule has 0 saturated carbocycles. The fourth-order valence-corrected chi connectivity index (χ4v) is 1.40. The second kappa shape index (κ2) is 6.84. The highest BCUT2D eigenvalue weighted by Crippen LogP contribution is 2.15. The maximum Gasteiger partial charge on any atom is 0.260 e. The molecule has 1 aromatic carbocycles. The first-order chi connectivity index (χ1) is 8.95. The Morgan fingerprint density at radius 1 is 1.53 bits per heavy atom. The molecule has 0 bridgehead atoms. The molecular formula is C12H16ClN3O3. The molecule has 7 heteroatoms. The zero-order chi connectivity index (χ0) is 14.4. The lowest BCUT2D eigenvalue weighted by atomic mass is 10.3. The standard InChI is InChI=1S/C12H16ClN3O3/c1-8(12(14)15-18)16(2)11(17)7-19-10-5-3-9(13)4-6-10/h3-6,8,18H,7H2,1-2H3,(H2,14,15). The number of ether oxygens (including phenoxy) is 1. The Morgan fingerprint density at radius 3 is 2.63 bits per heavy atom. The predicted molar refractivity (Wildman–Crippen MR) is 72.6 cm³/mol. The van der Waals surface area contributed by atoms with Crippen molar-refractivity contribution in [2.45, 2.75) is 13.0 Å². The van der Waals surface area contributed by atoms with E-state index < -0.39 is 6.04 Å². The van der Waals surface area contributed by atoms with Crippen molar-refractivity contribution in [3.63, 3.8) is 0 Å². The third kappa shape index (κ3) is 4.33. The Morgan fingerprint density at radius 2 is 2.11 bits per heavy atom. The zero-order valence-electron chi connectivity index (χ0n) is 10.7. The van der Waals surface area contributed by atoms with Gasteiger partial charge in [-0.15, -0.1) is 0 Å². The summed E-state index contributed by atoms with van der Waals surface area (Å²) in [7, 11) is 1.55. The molecule has 1 amide bonds. The Labute approximate surface area is 116 Å². The summed E-state index contributed by atoms with van der Waals surface area (Å²) < 4.78 is 5.31. The number of likely N-dealkylation sites (N-methyl/N-ethyl adjacent to an activating group) is 1. The molecule has 1 unspecified atom stereocenters. The van der Waals surface area contributed by atoms with Gasteiger partial charge in [-0.05, 0) is 31.2 Å². The van der Waals surface area contributed by atoms with Crippen LogP contribution in [0.25, 0.3) is 0 Å². The number of halogens is 1. The van der Waals surface area contributed by atoms with Crippen molar-refractivity contribution in [2.24, 2.45) is 10.9 Å². The fraction of sp³-hybridized carbons (Fsp3) is 0.333. The lowest BCUT2D eigenvalue weighted by Crippen LogP contribution is -2.45. The van der Waals surface area contributed by atoms with Crippen LogP contribution in [-0.4, -0.2) is 41.5 Å². The van der Waals surface area contributed by atoms with Crippen LogP contribution in [0.15, 0.2) is 29.4 Å². The van der Waals surface area contributed by atoms with Gasteiger partial charge >= 0.3 is 0 Å². The SMILES string of the molecule is CC(C(N)=NO)N(C)C(=O)COc1ccc(Cl)cc1. The van der Waals surface area contributed by atoms with Crippen LogP contribution in [0.1, 0.15) is 6.92 Å². The minimum Gasteiger partial charge on any atom is -0.484 e. The van der Waals surface area contributed by atoms with Crippen molar-refractivity contribution >= 4 is 23.3 Å². The molecule has 0 spiro atoms. The van der Waals surface area contributed by atoms with Crippen molar-refractivity contribution in [2.75, 3.05) is 13.7 Å². The molecule has 1 atom stereocenters. The number of hydrogen-bond donors (Lipinski definition) is 2. The minimum atomic E-state index is -0.508. The number of nitrogens with two attached hydrogens (primary N) is 1. The topological polar surface area (TPSA) is 88.2 Å². The summed E-state index contributed by atoms with van der Waals surface area (Å²) in [5.74, 6) is 0.221. The third-order valence-electron chi connectivity index (χ3n) is 2.69. The first kappa shape index (κ1) is 15.1. The average Bonchev–Trinajstić information content (AvgIpc) is 2.43. The van der Waals surface area contributed by atoms with Crippen LogP contribution in [0.2, 0.25) is 5.02 Å². The van der Waals surface area contributed by atoms with Crippen molar-refractivity contribution in [1.29, 1.82) is 0 Å². The number of rotatable bonds is 5. The van der Waals surface area contributed by atoms with Crippen molar-refractivity contribution in [3.05, 3.63) is 29.3 Å². The smallest absolute Gasteiger partial charge is 0.260 e. The molecule has 1 aromatic rings. The monoisotopic (exact) mass is 285 g/mol.